The van der Waals surface area contributed by atoms with Gasteiger partial charge in [-0.05, 0) is 18.2 Å². The molecule has 0 saturated carbocycles. The highest BCUT2D eigenvalue weighted by Crippen LogP contribution is 2.30. The molecule has 0 heterocycles. The first-order chi connectivity index (χ1) is 9.52. The summed E-state index contributed by atoms with van der Waals surface area (Å²) in [4.78, 5) is 20.5. The number of nitro groups is 1. The third-order valence-electron chi connectivity index (χ3n) is 2.46. The van der Waals surface area contributed by atoms with Gasteiger partial charge in [-0.1, -0.05) is 6.07 Å². The van der Waals surface area contributed by atoms with E-state index < -0.39 is 33.7 Å². The quantitative estimate of drug-likeness (QED) is 0.488. The smallest absolute Gasteiger partial charge is 0.272 e. The average Bonchev–Trinajstić information content (AvgIpc) is 2.42. The van der Waals surface area contributed by atoms with Crippen LogP contribution in [0.1, 0.15) is 10.4 Å². The molecule has 0 aliphatic carbocycles. The minimum atomic E-state index is -1.03. The van der Waals surface area contributed by atoms with Crippen molar-refractivity contribution in [3.05, 3.63) is 63.7 Å². The predicted molar refractivity (Wildman–Crippen MR) is 64.9 cm³/mol. The lowest BCUT2D eigenvalue weighted by Crippen LogP contribution is -1.97. The van der Waals surface area contributed by atoms with Gasteiger partial charge in [0.05, 0.1) is 16.6 Å². The molecule has 2 aromatic rings. The van der Waals surface area contributed by atoms with Crippen molar-refractivity contribution < 1.29 is 23.2 Å². The van der Waals surface area contributed by atoms with Crippen molar-refractivity contribution in [1.29, 1.82) is 0 Å². The summed E-state index contributed by atoms with van der Waals surface area (Å²) in [5.74, 6) is -2.72. The van der Waals surface area contributed by atoms with Crippen molar-refractivity contribution >= 4 is 12.0 Å². The molecule has 20 heavy (non-hydrogen) atoms. The minimum absolute atomic E-state index is 0.0947. The SMILES string of the molecule is O=Cc1cccc(F)c1Oc1ccc([N+](=O)[O-])cc1F. The first-order valence-corrected chi connectivity index (χ1v) is 5.38. The number of ether oxygens (including phenoxy) is 1. The highest BCUT2D eigenvalue weighted by Gasteiger charge is 2.16. The first kappa shape index (κ1) is 13.6. The summed E-state index contributed by atoms with van der Waals surface area (Å²) in [6.07, 6.45) is 0.363. The normalized spacial score (nSPS) is 10.1. The largest absolute Gasteiger partial charge is 0.450 e. The average molecular weight is 279 g/mol. The van der Waals surface area contributed by atoms with Gasteiger partial charge in [-0.25, -0.2) is 8.78 Å². The molecule has 0 radical (unpaired) electrons. The van der Waals surface area contributed by atoms with Crippen LogP contribution in [0.2, 0.25) is 0 Å². The van der Waals surface area contributed by atoms with Crippen LogP contribution in [0.5, 0.6) is 11.5 Å². The molecule has 0 aromatic heterocycles. The van der Waals surface area contributed by atoms with E-state index in [1.54, 1.807) is 0 Å². The van der Waals surface area contributed by atoms with E-state index in [2.05, 4.69) is 0 Å². The maximum atomic E-state index is 13.6. The fraction of sp³-hybridized carbons (Fsp3) is 0. The van der Waals surface area contributed by atoms with Gasteiger partial charge in [0.25, 0.3) is 5.69 Å². The topological polar surface area (TPSA) is 69.4 Å². The second kappa shape index (κ2) is 5.43. The van der Waals surface area contributed by atoms with Gasteiger partial charge < -0.3 is 4.74 Å². The van der Waals surface area contributed by atoms with Crippen LogP contribution in [0.15, 0.2) is 36.4 Å². The van der Waals surface area contributed by atoms with Gasteiger partial charge in [-0.3, -0.25) is 14.9 Å². The van der Waals surface area contributed by atoms with Gasteiger partial charge in [0, 0.05) is 6.07 Å². The molecule has 0 atom stereocenters. The molecule has 7 heteroatoms. The third kappa shape index (κ3) is 2.61. The zero-order valence-corrected chi connectivity index (χ0v) is 9.88. The van der Waals surface area contributed by atoms with Crippen LogP contribution in [-0.2, 0) is 0 Å². The van der Waals surface area contributed by atoms with Crippen LogP contribution in [-0.4, -0.2) is 11.2 Å². The summed E-state index contributed by atoms with van der Waals surface area (Å²) in [7, 11) is 0. The zero-order valence-electron chi connectivity index (χ0n) is 9.88. The Morgan fingerprint density at radius 1 is 1.15 bits per heavy atom. The van der Waals surface area contributed by atoms with Crippen LogP contribution in [0, 0.1) is 21.7 Å². The van der Waals surface area contributed by atoms with Crippen molar-refractivity contribution in [2.75, 3.05) is 0 Å². The lowest BCUT2D eigenvalue weighted by molar-refractivity contribution is -0.385. The molecule has 0 N–H and O–H groups in total. The summed E-state index contributed by atoms with van der Waals surface area (Å²) in [6.45, 7) is 0. The molecule has 0 saturated heterocycles. The Labute approximate surface area is 111 Å². The van der Waals surface area contributed by atoms with E-state index in [0.717, 1.165) is 18.2 Å². The summed E-state index contributed by atoms with van der Waals surface area (Å²) in [6, 6.07) is 6.31. The van der Waals surface area contributed by atoms with Gasteiger partial charge in [0.15, 0.2) is 29.4 Å². The highest BCUT2D eigenvalue weighted by atomic mass is 19.1. The molecule has 0 aliphatic rings. The Hall–Kier alpha value is -2.83. The Balaban J connectivity index is 2.40. The molecule has 0 aliphatic heterocycles. The van der Waals surface area contributed by atoms with Crippen LogP contribution >= 0.6 is 0 Å². The number of carbonyl (C=O) groups is 1. The van der Waals surface area contributed by atoms with E-state index in [-0.39, 0.29) is 5.56 Å². The number of aldehydes is 1. The van der Waals surface area contributed by atoms with E-state index in [1.807, 2.05) is 0 Å². The Bertz CT molecular complexity index is 688. The third-order valence-corrected chi connectivity index (χ3v) is 2.46. The molecule has 2 rings (SSSR count). The van der Waals surface area contributed by atoms with Crippen LogP contribution in [0.4, 0.5) is 14.5 Å². The summed E-state index contributed by atoms with van der Waals surface area (Å²) in [5, 5.41) is 10.5. The molecule has 0 unspecified atom stereocenters. The van der Waals surface area contributed by atoms with Crippen molar-refractivity contribution in [2.24, 2.45) is 0 Å². The van der Waals surface area contributed by atoms with Gasteiger partial charge in [0.1, 0.15) is 0 Å². The van der Waals surface area contributed by atoms with E-state index in [1.165, 1.54) is 12.1 Å². The van der Waals surface area contributed by atoms with E-state index >= 15 is 0 Å². The second-order valence-electron chi connectivity index (χ2n) is 3.75. The van der Waals surface area contributed by atoms with Crippen LogP contribution in [0.3, 0.4) is 0 Å². The first-order valence-electron chi connectivity index (χ1n) is 5.38. The van der Waals surface area contributed by atoms with Crippen molar-refractivity contribution in [2.45, 2.75) is 0 Å². The lowest BCUT2D eigenvalue weighted by atomic mass is 10.2. The number of carbonyl (C=O) groups excluding carboxylic acids is 1. The molecule has 5 nitrogen and oxygen atoms in total. The number of non-ortho nitro benzene ring substituents is 1. The van der Waals surface area contributed by atoms with Crippen molar-refractivity contribution in [3.8, 4) is 11.5 Å². The van der Waals surface area contributed by atoms with Crippen LogP contribution < -0.4 is 4.74 Å². The molecule has 0 fully saturated rings. The maximum absolute atomic E-state index is 13.6. The second-order valence-corrected chi connectivity index (χ2v) is 3.75. The lowest BCUT2D eigenvalue weighted by Gasteiger charge is -2.09. The van der Waals surface area contributed by atoms with Gasteiger partial charge in [-0.15, -0.1) is 0 Å². The number of nitro benzene ring substituents is 1. The number of benzene rings is 2. The number of para-hydroxylation sites is 1. The number of hydrogen-bond acceptors (Lipinski definition) is 4. The fourth-order valence-electron chi connectivity index (χ4n) is 1.52. The van der Waals surface area contributed by atoms with Crippen LogP contribution in [0.25, 0.3) is 0 Å². The molecule has 102 valence electrons. The molecule has 0 bridgehead atoms. The summed E-state index contributed by atoms with van der Waals surface area (Å²) < 4.78 is 32.2. The van der Waals surface area contributed by atoms with Gasteiger partial charge in [-0.2, -0.15) is 0 Å². The summed E-state index contributed by atoms with van der Waals surface area (Å²) in [5.41, 5.74) is -0.554. The monoisotopic (exact) mass is 279 g/mol. The number of halogens is 2. The molecular formula is C13H7F2NO4. The Morgan fingerprint density at radius 3 is 2.50 bits per heavy atom. The number of nitrogens with zero attached hydrogens (tertiary/aromatic N) is 1. The van der Waals surface area contributed by atoms with E-state index in [0.29, 0.717) is 12.4 Å². The maximum Gasteiger partial charge on any atom is 0.272 e. The molecular weight excluding hydrogens is 272 g/mol. The Kier molecular flexibility index (Phi) is 3.69. The zero-order chi connectivity index (χ0) is 14.7. The van der Waals surface area contributed by atoms with Crippen molar-refractivity contribution in [1.82, 2.24) is 0 Å². The molecule has 2 aromatic carbocycles. The highest BCUT2D eigenvalue weighted by molar-refractivity contribution is 5.79. The van der Waals surface area contributed by atoms with Crippen molar-refractivity contribution in [3.63, 3.8) is 0 Å². The fourth-order valence-corrected chi connectivity index (χ4v) is 1.52. The molecule has 0 spiro atoms. The minimum Gasteiger partial charge on any atom is -0.450 e. The van der Waals surface area contributed by atoms with Gasteiger partial charge >= 0.3 is 0 Å². The van der Waals surface area contributed by atoms with E-state index in [9.17, 15) is 23.7 Å². The standard InChI is InChI=1S/C13H7F2NO4/c14-10-3-1-2-8(7-17)13(10)20-12-5-4-9(16(18)19)6-11(12)15/h1-7H. The summed E-state index contributed by atoms with van der Waals surface area (Å²) >= 11 is 0. The Morgan fingerprint density at radius 2 is 1.90 bits per heavy atom. The predicted octanol–water partition coefficient (Wildman–Crippen LogP) is 3.48. The molecule has 0 amide bonds. The number of rotatable bonds is 4. The van der Waals surface area contributed by atoms with E-state index in [4.69, 9.17) is 4.74 Å². The van der Waals surface area contributed by atoms with Gasteiger partial charge in [0.2, 0.25) is 0 Å². The number of hydrogen-bond donors (Lipinski definition) is 0.